The zero-order valence-corrected chi connectivity index (χ0v) is 12.8. The quantitative estimate of drug-likeness (QED) is 0.575. The first-order chi connectivity index (χ1) is 11.2. The van der Waals surface area contributed by atoms with Crippen LogP contribution in [0.3, 0.4) is 0 Å². The second-order valence-electron chi connectivity index (χ2n) is 5.33. The molecule has 0 spiro atoms. The number of nitrogens with one attached hydrogen (secondary N) is 2. The molecule has 6 heteroatoms. The molecule has 0 aliphatic heterocycles. The molecule has 1 amide bonds. The summed E-state index contributed by atoms with van der Waals surface area (Å²) in [4.78, 5) is 18.8. The van der Waals surface area contributed by atoms with Gasteiger partial charge in [0.2, 0.25) is 6.41 Å². The summed E-state index contributed by atoms with van der Waals surface area (Å²) in [7, 11) is 0. The maximum absolute atomic E-state index is 10.4. The van der Waals surface area contributed by atoms with Crippen molar-refractivity contribution < 1.29 is 4.79 Å². The zero-order valence-electron chi connectivity index (χ0n) is 12.8. The Hall–Kier alpha value is -3.20. The van der Waals surface area contributed by atoms with Gasteiger partial charge >= 0.3 is 0 Å². The van der Waals surface area contributed by atoms with Crippen molar-refractivity contribution in [3.63, 3.8) is 0 Å². The van der Waals surface area contributed by atoms with Crippen molar-refractivity contribution in [3.8, 4) is 11.8 Å². The number of hydrogen-bond donors (Lipinski definition) is 2. The van der Waals surface area contributed by atoms with Crippen molar-refractivity contribution in [2.45, 2.75) is 19.8 Å². The van der Waals surface area contributed by atoms with Gasteiger partial charge in [0.05, 0.1) is 0 Å². The van der Waals surface area contributed by atoms with Gasteiger partial charge in [0.1, 0.15) is 5.82 Å². The predicted octanol–water partition coefficient (Wildman–Crippen LogP) is 2.44. The van der Waals surface area contributed by atoms with Crippen LogP contribution in [0.2, 0.25) is 0 Å². The van der Waals surface area contributed by atoms with Gasteiger partial charge in [0, 0.05) is 34.6 Å². The Labute approximate surface area is 133 Å². The first-order valence-electron chi connectivity index (χ1n) is 7.19. The highest BCUT2D eigenvalue weighted by Crippen LogP contribution is 2.21. The molecule has 23 heavy (non-hydrogen) atoms. The molecule has 0 saturated heterocycles. The first kappa shape index (κ1) is 14.7. The number of carbonyl (C=O) groups excluding carboxylic acids is 1. The number of H-pyrrole nitrogens is 1. The molecule has 0 atom stereocenters. The first-order valence-corrected chi connectivity index (χ1v) is 7.19. The lowest BCUT2D eigenvalue weighted by Crippen LogP contribution is -1.96. The highest BCUT2D eigenvalue weighted by molar-refractivity contribution is 5.79. The Bertz CT molecular complexity index is 917. The lowest BCUT2D eigenvalue weighted by Gasteiger charge is -2.00. The van der Waals surface area contributed by atoms with Gasteiger partial charge in [-0.05, 0) is 24.1 Å². The van der Waals surface area contributed by atoms with Crippen LogP contribution >= 0.6 is 0 Å². The van der Waals surface area contributed by atoms with E-state index in [-0.39, 0.29) is 0 Å². The molecule has 2 N–H and O–H groups in total. The molecule has 3 rings (SSSR count). The van der Waals surface area contributed by atoms with Crippen molar-refractivity contribution in [3.05, 3.63) is 47.4 Å². The lowest BCUT2D eigenvalue weighted by atomic mass is 10.1. The van der Waals surface area contributed by atoms with Crippen LogP contribution in [-0.4, -0.2) is 26.6 Å². The minimum atomic E-state index is 0.335. The molecule has 114 valence electrons. The molecule has 0 radical (unpaired) electrons. The number of aromatic nitrogens is 4. The van der Waals surface area contributed by atoms with Gasteiger partial charge in [-0.1, -0.05) is 25.7 Å². The van der Waals surface area contributed by atoms with Gasteiger partial charge in [-0.2, -0.15) is 5.10 Å². The van der Waals surface area contributed by atoms with E-state index in [4.69, 9.17) is 0 Å². The molecule has 0 aliphatic carbocycles. The summed E-state index contributed by atoms with van der Waals surface area (Å²) in [6.07, 6.45) is 3.89. The van der Waals surface area contributed by atoms with Gasteiger partial charge in [-0.3, -0.25) is 9.89 Å². The average molecular weight is 305 g/mol. The summed E-state index contributed by atoms with van der Waals surface area (Å²) in [5.74, 6) is 6.93. The molecule has 0 unspecified atom stereocenters. The summed E-state index contributed by atoms with van der Waals surface area (Å²) in [5, 5.41) is 10.7. The van der Waals surface area contributed by atoms with Crippen LogP contribution in [0.4, 0.5) is 5.82 Å². The van der Waals surface area contributed by atoms with Crippen LogP contribution in [-0.2, 0) is 4.79 Å². The molecule has 0 bridgehead atoms. The number of aromatic amines is 1. The van der Waals surface area contributed by atoms with E-state index in [1.165, 1.54) is 0 Å². The van der Waals surface area contributed by atoms with Crippen LogP contribution in [0.5, 0.6) is 0 Å². The summed E-state index contributed by atoms with van der Waals surface area (Å²) >= 11 is 0. The van der Waals surface area contributed by atoms with E-state index in [0.717, 1.165) is 22.2 Å². The molecule has 3 aromatic heterocycles. The van der Waals surface area contributed by atoms with Crippen LogP contribution < -0.4 is 5.32 Å². The van der Waals surface area contributed by atoms with E-state index in [9.17, 15) is 4.79 Å². The largest absolute Gasteiger partial charge is 0.313 e. The van der Waals surface area contributed by atoms with Gasteiger partial charge in [-0.15, -0.1) is 0 Å². The summed E-state index contributed by atoms with van der Waals surface area (Å²) in [6, 6.07) is 5.48. The van der Waals surface area contributed by atoms with Crippen molar-refractivity contribution >= 4 is 23.3 Å². The number of hydrogen-bond acceptors (Lipinski definition) is 4. The number of rotatable bonds is 3. The number of fused-ring (bicyclic) bond motifs is 1. The number of carbonyl (C=O) groups is 1. The lowest BCUT2D eigenvalue weighted by molar-refractivity contribution is -0.105. The molecule has 0 aliphatic rings. The van der Waals surface area contributed by atoms with Crippen molar-refractivity contribution in [1.82, 2.24) is 20.2 Å². The third-order valence-electron chi connectivity index (χ3n) is 3.33. The summed E-state index contributed by atoms with van der Waals surface area (Å²) < 4.78 is 0. The second kappa shape index (κ2) is 6.28. The Morgan fingerprint density at radius 3 is 2.83 bits per heavy atom. The molecular weight excluding hydrogens is 290 g/mol. The summed E-state index contributed by atoms with van der Waals surface area (Å²) in [6.45, 7) is 4.20. The van der Waals surface area contributed by atoms with Crippen LogP contribution in [0, 0.1) is 11.8 Å². The number of anilines is 1. The average Bonchev–Trinajstić information content (AvgIpc) is 2.97. The second-order valence-corrected chi connectivity index (χ2v) is 5.33. The minimum Gasteiger partial charge on any atom is -0.313 e. The fourth-order valence-electron chi connectivity index (χ4n) is 2.22. The van der Waals surface area contributed by atoms with Crippen LogP contribution in [0.15, 0.2) is 30.6 Å². The maximum atomic E-state index is 10.4. The van der Waals surface area contributed by atoms with Crippen LogP contribution in [0.25, 0.3) is 11.0 Å². The topological polar surface area (TPSA) is 83.6 Å². The molecule has 3 aromatic rings. The van der Waals surface area contributed by atoms with Crippen molar-refractivity contribution in [2.75, 3.05) is 5.32 Å². The molecule has 0 saturated carbocycles. The van der Waals surface area contributed by atoms with E-state index in [1.54, 1.807) is 24.5 Å². The number of pyridine rings is 2. The Morgan fingerprint density at radius 1 is 1.22 bits per heavy atom. The third kappa shape index (κ3) is 3.19. The van der Waals surface area contributed by atoms with E-state index in [0.29, 0.717) is 23.8 Å². The normalized spacial score (nSPS) is 10.4. The number of amides is 1. The molecule has 3 heterocycles. The van der Waals surface area contributed by atoms with E-state index in [1.807, 2.05) is 6.07 Å². The zero-order chi connectivity index (χ0) is 16.2. The molecule has 6 nitrogen and oxygen atoms in total. The molecular formula is C17H15N5O. The smallest absolute Gasteiger partial charge is 0.212 e. The maximum Gasteiger partial charge on any atom is 0.212 e. The SMILES string of the molecule is CC(C)c1[nH]nc2ncc(C#Cc3ccnc(NC=O)c3)cc12. The monoisotopic (exact) mass is 305 g/mol. The van der Waals surface area contributed by atoms with E-state index >= 15 is 0 Å². The minimum absolute atomic E-state index is 0.335. The molecule has 0 aromatic carbocycles. The Kier molecular flexibility index (Phi) is 4.02. The Balaban J connectivity index is 1.94. The van der Waals surface area contributed by atoms with Gasteiger partial charge in [-0.25, -0.2) is 9.97 Å². The summed E-state index contributed by atoms with van der Waals surface area (Å²) in [5.41, 5.74) is 3.32. The Morgan fingerprint density at radius 2 is 2.04 bits per heavy atom. The van der Waals surface area contributed by atoms with Crippen LogP contribution in [0.1, 0.15) is 36.6 Å². The van der Waals surface area contributed by atoms with Gasteiger partial charge in [0.25, 0.3) is 0 Å². The van der Waals surface area contributed by atoms with Gasteiger partial charge < -0.3 is 5.32 Å². The standard InChI is InChI=1S/C17H15N5O/c1-11(2)16-14-7-13(9-19-17(14)22-21-16)4-3-12-5-6-18-15(8-12)20-10-23/h5-11H,1-2H3,(H,18,20,23)(H,19,21,22). The van der Waals surface area contributed by atoms with Crippen molar-refractivity contribution in [2.24, 2.45) is 0 Å². The highest BCUT2D eigenvalue weighted by atomic mass is 16.1. The highest BCUT2D eigenvalue weighted by Gasteiger charge is 2.09. The van der Waals surface area contributed by atoms with E-state index in [2.05, 4.69) is 51.2 Å². The fraction of sp³-hybridized carbons (Fsp3) is 0.176. The van der Waals surface area contributed by atoms with Crippen molar-refractivity contribution in [1.29, 1.82) is 0 Å². The van der Waals surface area contributed by atoms with E-state index < -0.39 is 0 Å². The van der Waals surface area contributed by atoms with Gasteiger partial charge in [0.15, 0.2) is 5.65 Å². The predicted molar refractivity (Wildman–Crippen MR) is 87.9 cm³/mol. The third-order valence-corrected chi connectivity index (χ3v) is 3.33. The fourth-order valence-corrected chi connectivity index (χ4v) is 2.22. The number of nitrogens with zero attached hydrogens (tertiary/aromatic N) is 3. The molecule has 0 fully saturated rings.